The van der Waals surface area contributed by atoms with E-state index in [4.69, 9.17) is 0 Å². The summed E-state index contributed by atoms with van der Waals surface area (Å²) in [4.78, 5) is 2.25. The SMILES string of the molecule is C=CCC[C@@H](c1cccc(OC(F)(F)C(F)F)c1)N1CCNCC1. The van der Waals surface area contributed by atoms with Gasteiger partial charge in [0.1, 0.15) is 5.75 Å². The lowest BCUT2D eigenvalue weighted by Gasteiger charge is -2.35. The Morgan fingerprint density at radius 3 is 2.62 bits per heavy atom. The van der Waals surface area contributed by atoms with Crippen LogP contribution < -0.4 is 10.1 Å². The van der Waals surface area contributed by atoms with Crippen molar-refractivity contribution in [2.45, 2.75) is 31.4 Å². The molecule has 134 valence electrons. The molecular weight excluding hydrogens is 324 g/mol. The minimum absolute atomic E-state index is 0.00817. The Morgan fingerprint density at radius 1 is 1.29 bits per heavy atom. The summed E-state index contributed by atoms with van der Waals surface area (Å²) in [5.41, 5.74) is 0.779. The highest BCUT2D eigenvalue weighted by Crippen LogP contribution is 2.32. The van der Waals surface area contributed by atoms with Crippen molar-refractivity contribution < 1.29 is 22.3 Å². The number of hydrogen-bond donors (Lipinski definition) is 1. The van der Waals surface area contributed by atoms with Gasteiger partial charge < -0.3 is 10.1 Å². The quantitative estimate of drug-likeness (QED) is 0.572. The Bertz CT molecular complexity index is 533. The monoisotopic (exact) mass is 346 g/mol. The number of alkyl halides is 4. The molecule has 0 bridgehead atoms. The predicted octanol–water partition coefficient (Wildman–Crippen LogP) is 3.84. The van der Waals surface area contributed by atoms with Crippen LogP contribution in [0, 0.1) is 0 Å². The normalized spacial score (nSPS) is 17.7. The number of benzene rings is 1. The number of ether oxygens (including phenoxy) is 1. The summed E-state index contributed by atoms with van der Waals surface area (Å²) in [5.74, 6) is -0.253. The average Bonchev–Trinajstić information content (AvgIpc) is 2.56. The zero-order valence-electron chi connectivity index (χ0n) is 13.4. The maximum Gasteiger partial charge on any atom is 0.461 e. The first-order valence-electron chi connectivity index (χ1n) is 7.94. The van der Waals surface area contributed by atoms with Crippen LogP contribution in [0.1, 0.15) is 24.4 Å². The summed E-state index contributed by atoms with van der Waals surface area (Å²) >= 11 is 0. The van der Waals surface area contributed by atoms with Crippen LogP contribution in [0.25, 0.3) is 0 Å². The highest BCUT2D eigenvalue weighted by molar-refractivity contribution is 5.31. The van der Waals surface area contributed by atoms with E-state index in [1.54, 1.807) is 12.1 Å². The molecule has 0 amide bonds. The van der Waals surface area contributed by atoms with Gasteiger partial charge in [-0.15, -0.1) is 6.58 Å². The molecule has 2 rings (SSSR count). The van der Waals surface area contributed by atoms with Gasteiger partial charge in [0.05, 0.1) is 0 Å². The third-order valence-electron chi connectivity index (χ3n) is 3.99. The molecule has 24 heavy (non-hydrogen) atoms. The number of hydrogen-bond acceptors (Lipinski definition) is 3. The first kappa shape index (κ1) is 18.7. The number of piperazine rings is 1. The highest BCUT2D eigenvalue weighted by Gasteiger charge is 2.44. The second-order valence-electron chi connectivity index (χ2n) is 5.70. The van der Waals surface area contributed by atoms with Gasteiger partial charge in [0.15, 0.2) is 0 Å². The topological polar surface area (TPSA) is 24.5 Å². The van der Waals surface area contributed by atoms with Crippen LogP contribution in [0.3, 0.4) is 0 Å². The van der Waals surface area contributed by atoms with Crippen LogP contribution in [-0.4, -0.2) is 43.6 Å². The van der Waals surface area contributed by atoms with Crippen LogP contribution in [0.15, 0.2) is 36.9 Å². The van der Waals surface area contributed by atoms with Gasteiger partial charge >= 0.3 is 12.5 Å². The lowest BCUT2D eigenvalue weighted by Crippen LogP contribution is -2.45. The van der Waals surface area contributed by atoms with Crippen molar-refractivity contribution in [3.63, 3.8) is 0 Å². The molecule has 1 saturated heterocycles. The van der Waals surface area contributed by atoms with E-state index >= 15 is 0 Å². The molecule has 1 aliphatic heterocycles. The van der Waals surface area contributed by atoms with Crippen molar-refractivity contribution in [2.24, 2.45) is 0 Å². The fourth-order valence-corrected chi connectivity index (χ4v) is 2.82. The van der Waals surface area contributed by atoms with Crippen molar-refractivity contribution >= 4 is 0 Å². The van der Waals surface area contributed by atoms with Gasteiger partial charge in [-0.25, -0.2) is 0 Å². The van der Waals surface area contributed by atoms with Crippen LogP contribution >= 0.6 is 0 Å². The van der Waals surface area contributed by atoms with Crippen molar-refractivity contribution in [1.82, 2.24) is 10.2 Å². The Hall–Kier alpha value is -1.60. The standard InChI is InChI=1S/C17H22F4N2O/c1-2-3-7-15(23-10-8-22-9-11-23)13-5-4-6-14(12-13)24-17(20,21)16(18)19/h2,4-6,12,15-16,22H,1,3,7-11H2/t15-/m0/s1. The predicted molar refractivity (Wildman–Crippen MR) is 84.6 cm³/mol. The second-order valence-corrected chi connectivity index (χ2v) is 5.70. The molecule has 0 aromatic heterocycles. The molecule has 7 heteroatoms. The molecule has 0 spiro atoms. The molecule has 3 nitrogen and oxygen atoms in total. The third-order valence-corrected chi connectivity index (χ3v) is 3.99. The summed E-state index contributed by atoms with van der Waals surface area (Å²) in [6.45, 7) is 7.09. The van der Waals surface area contributed by atoms with E-state index in [2.05, 4.69) is 21.5 Å². The Morgan fingerprint density at radius 2 is 2.00 bits per heavy atom. The smallest absolute Gasteiger partial charge is 0.428 e. The minimum atomic E-state index is -4.50. The number of rotatable bonds is 8. The van der Waals surface area contributed by atoms with Crippen LogP contribution in [-0.2, 0) is 0 Å². The van der Waals surface area contributed by atoms with Crippen LogP contribution in [0.5, 0.6) is 5.75 Å². The molecule has 1 N–H and O–H groups in total. The van der Waals surface area contributed by atoms with Crippen molar-refractivity contribution in [2.75, 3.05) is 26.2 Å². The van der Waals surface area contributed by atoms with Gasteiger partial charge in [0, 0.05) is 32.2 Å². The highest BCUT2D eigenvalue weighted by atomic mass is 19.3. The molecule has 1 aromatic rings. The van der Waals surface area contributed by atoms with E-state index in [9.17, 15) is 17.6 Å². The second kappa shape index (κ2) is 8.48. The van der Waals surface area contributed by atoms with Crippen molar-refractivity contribution in [1.29, 1.82) is 0 Å². The zero-order chi connectivity index (χ0) is 17.6. The van der Waals surface area contributed by atoms with Gasteiger partial charge in [0.25, 0.3) is 0 Å². The van der Waals surface area contributed by atoms with Crippen LogP contribution in [0.2, 0.25) is 0 Å². The van der Waals surface area contributed by atoms with Gasteiger partial charge in [-0.3, -0.25) is 4.90 Å². The Labute approximate surface area is 139 Å². The summed E-state index contributed by atoms with van der Waals surface area (Å²) in [5, 5.41) is 3.26. The Balaban J connectivity index is 2.19. The minimum Gasteiger partial charge on any atom is -0.428 e. The van der Waals surface area contributed by atoms with Gasteiger partial charge in [-0.1, -0.05) is 18.2 Å². The molecular formula is C17H22F4N2O. The summed E-state index contributed by atoms with van der Waals surface area (Å²) in [6, 6.07) is 6.06. The molecule has 0 unspecified atom stereocenters. The fraction of sp³-hybridized carbons (Fsp3) is 0.529. The largest absolute Gasteiger partial charge is 0.461 e. The van der Waals surface area contributed by atoms with Crippen molar-refractivity contribution in [3.05, 3.63) is 42.5 Å². The van der Waals surface area contributed by atoms with E-state index in [1.807, 2.05) is 6.07 Å². The average molecular weight is 346 g/mol. The summed E-state index contributed by atoms with van der Waals surface area (Å²) in [7, 11) is 0. The van der Waals surface area contributed by atoms with Gasteiger partial charge in [-0.2, -0.15) is 17.6 Å². The maximum absolute atomic E-state index is 13.1. The van der Waals surface area contributed by atoms with Crippen molar-refractivity contribution in [3.8, 4) is 5.75 Å². The van der Waals surface area contributed by atoms with Crippen LogP contribution in [0.4, 0.5) is 17.6 Å². The molecule has 0 aliphatic carbocycles. The number of nitrogens with zero attached hydrogens (tertiary/aromatic N) is 1. The zero-order valence-corrected chi connectivity index (χ0v) is 13.4. The van der Waals surface area contributed by atoms with E-state index in [0.717, 1.165) is 44.6 Å². The third kappa shape index (κ3) is 4.95. The first-order valence-corrected chi connectivity index (χ1v) is 7.94. The van der Waals surface area contributed by atoms with E-state index < -0.39 is 12.5 Å². The van der Waals surface area contributed by atoms with Gasteiger partial charge in [-0.05, 0) is 30.5 Å². The molecule has 0 saturated carbocycles. The lowest BCUT2D eigenvalue weighted by atomic mass is 9.99. The van der Waals surface area contributed by atoms with E-state index in [1.165, 1.54) is 12.1 Å². The fourth-order valence-electron chi connectivity index (χ4n) is 2.82. The summed E-state index contributed by atoms with van der Waals surface area (Å²) < 4.78 is 55.1. The summed E-state index contributed by atoms with van der Waals surface area (Å²) in [6.07, 6.45) is -5.01. The number of allylic oxidation sites excluding steroid dienone is 1. The number of halogens is 4. The number of nitrogens with one attached hydrogen (secondary N) is 1. The lowest BCUT2D eigenvalue weighted by molar-refractivity contribution is -0.253. The first-order chi connectivity index (χ1) is 11.4. The Kier molecular flexibility index (Phi) is 6.62. The molecule has 1 atom stereocenters. The molecule has 0 radical (unpaired) electrons. The van der Waals surface area contributed by atoms with E-state index in [-0.39, 0.29) is 11.8 Å². The molecule has 1 fully saturated rings. The maximum atomic E-state index is 13.1. The molecule has 1 heterocycles. The van der Waals surface area contributed by atoms with E-state index in [0.29, 0.717) is 0 Å². The molecule has 1 aromatic carbocycles. The van der Waals surface area contributed by atoms with Gasteiger partial charge in [0.2, 0.25) is 0 Å². The molecule has 1 aliphatic rings.